The summed E-state index contributed by atoms with van der Waals surface area (Å²) in [5, 5.41) is 14.2. The zero-order valence-electron chi connectivity index (χ0n) is 15.7. The Balaban J connectivity index is 1.42. The van der Waals surface area contributed by atoms with Crippen LogP contribution in [0, 0.1) is 5.41 Å². The molecule has 5 heteroatoms. The summed E-state index contributed by atoms with van der Waals surface area (Å²) in [6, 6.07) is 17.8. The quantitative estimate of drug-likeness (QED) is 0.397. The van der Waals surface area contributed by atoms with E-state index >= 15 is 0 Å². The molecule has 2 aromatic carbocycles. The number of nitrogens with zero attached hydrogens (tertiary/aromatic N) is 1. The van der Waals surface area contributed by atoms with Crippen LogP contribution in [0.3, 0.4) is 0 Å². The Hall–Kier alpha value is -2.82. The second kappa shape index (κ2) is 9.76. The molecule has 3 N–H and O–H groups in total. The van der Waals surface area contributed by atoms with Gasteiger partial charge in [-0.3, -0.25) is 10.2 Å². The number of nitrogens with one attached hydrogen (secondary N) is 3. The maximum Gasteiger partial charge on any atom is 0.251 e. The summed E-state index contributed by atoms with van der Waals surface area (Å²) >= 11 is 0. The molecule has 0 aliphatic carbocycles. The predicted octanol–water partition coefficient (Wildman–Crippen LogP) is 3.88. The molecule has 1 saturated heterocycles. The van der Waals surface area contributed by atoms with Crippen molar-refractivity contribution in [3.8, 4) is 0 Å². The van der Waals surface area contributed by atoms with Gasteiger partial charge in [-0.2, -0.15) is 0 Å². The fraction of sp³-hybridized carbons (Fsp3) is 0.364. The second-order valence-corrected chi connectivity index (χ2v) is 6.95. The lowest BCUT2D eigenvalue weighted by Crippen LogP contribution is -2.33. The van der Waals surface area contributed by atoms with Crippen molar-refractivity contribution in [2.24, 2.45) is 0 Å². The molecule has 1 aliphatic rings. The van der Waals surface area contributed by atoms with Crippen LogP contribution in [-0.2, 0) is 6.42 Å². The monoisotopic (exact) mass is 364 g/mol. The van der Waals surface area contributed by atoms with Gasteiger partial charge in [0.05, 0.1) is 0 Å². The smallest absolute Gasteiger partial charge is 0.251 e. The van der Waals surface area contributed by atoms with E-state index in [4.69, 9.17) is 5.41 Å². The van der Waals surface area contributed by atoms with E-state index in [1.165, 1.54) is 5.56 Å². The molecule has 0 spiro atoms. The van der Waals surface area contributed by atoms with Gasteiger partial charge >= 0.3 is 0 Å². The van der Waals surface area contributed by atoms with Crippen molar-refractivity contribution in [2.45, 2.75) is 32.1 Å². The van der Waals surface area contributed by atoms with Gasteiger partial charge in [0.25, 0.3) is 5.91 Å². The second-order valence-electron chi connectivity index (χ2n) is 6.95. The maximum absolute atomic E-state index is 12.4. The van der Waals surface area contributed by atoms with Crippen LogP contribution in [0.15, 0.2) is 54.6 Å². The highest BCUT2D eigenvalue weighted by Gasteiger charge is 2.15. The van der Waals surface area contributed by atoms with Crippen LogP contribution in [0.25, 0.3) is 0 Å². The molecule has 0 radical (unpaired) electrons. The number of carbonyl (C=O) groups excluding carboxylic acids is 1. The first-order chi connectivity index (χ1) is 13.2. The van der Waals surface area contributed by atoms with E-state index in [0.717, 1.165) is 50.9 Å². The fourth-order valence-electron chi connectivity index (χ4n) is 3.30. The lowest BCUT2D eigenvalue weighted by atomic mass is 10.1. The molecular formula is C22H28N4O. The van der Waals surface area contributed by atoms with Gasteiger partial charge < -0.3 is 15.5 Å². The van der Waals surface area contributed by atoms with Crippen molar-refractivity contribution in [1.82, 2.24) is 10.2 Å². The van der Waals surface area contributed by atoms with Gasteiger partial charge in [0, 0.05) is 30.9 Å². The highest BCUT2D eigenvalue weighted by atomic mass is 16.1. The Morgan fingerprint density at radius 1 is 1.00 bits per heavy atom. The zero-order valence-corrected chi connectivity index (χ0v) is 15.7. The third kappa shape index (κ3) is 5.84. The van der Waals surface area contributed by atoms with Gasteiger partial charge in [-0.05, 0) is 55.9 Å². The highest BCUT2D eigenvalue weighted by molar-refractivity contribution is 5.97. The molecule has 3 rings (SSSR count). The van der Waals surface area contributed by atoms with Gasteiger partial charge in [0.2, 0.25) is 0 Å². The van der Waals surface area contributed by atoms with Crippen molar-refractivity contribution in [3.63, 3.8) is 0 Å². The number of guanidine groups is 1. The lowest BCUT2D eigenvalue weighted by Gasteiger charge is -2.19. The first kappa shape index (κ1) is 19.0. The average Bonchev–Trinajstić information content (AvgIpc) is 3.24. The van der Waals surface area contributed by atoms with Crippen molar-refractivity contribution in [1.29, 1.82) is 5.41 Å². The molecule has 1 aliphatic heterocycles. The fourth-order valence-corrected chi connectivity index (χ4v) is 3.30. The van der Waals surface area contributed by atoms with Gasteiger partial charge in [-0.1, -0.05) is 36.4 Å². The summed E-state index contributed by atoms with van der Waals surface area (Å²) < 4.78 is 0. The Morgan fingerprint density at radius 2 is 1.78 bits per heavy atom. The first-order valence-electron chi connectivity index (χ1n) is 9.75. The average molecular weight is 364 g/mol. The van der Waals surface area contributed by atoms with Crippen molar-refractivity contribution >= 4 is 17.6 Å². The summed E-state index contributed by atoms with van der Waals surface area (Å²) in [4.78, 5) is 14.4. The standard InChI is InChI=1S/C22H28N4O/c23-22(26-15-6-7-16-26)25-20-13-8-12-19(17-20)21(27)24-14-5-4-11-18-9-2-1-3-10-18/h1-3,8-10,12-13,17H,4-7,11,14-16H2,(H2,23,25)(H,24,27). The third-order valence-electron chi connectivity index (χ3n) is 4.83. The van der Waals surface area contributed by atoms with Crippen LogP contribution >= 0.6 is 0 Å². The Kier molecular flexibility index (Phi) is 6.85. The molecule has 0 bridgehead atoms. The first-order valence-corrected chi connectivity index (χ1v) is 9.75. The van der Waals surface area contributed by atoms with Crippen molar-refractivity contribution in [2.75, 3.05) is 25.0 Å². The van der Waals surface area contributed by atoms with Crippen LogP contribution in [0.4, 0.5) is 5.69 Å². The Labute approximate surface area is 161 Å². The molecule has 5 nitrogen and oxygen atoms in total. The minimum Gasteiger partial charge on any atom is -0.352 e. The Morgan fingerprint density at radius 3 is 2.56 bits per heavy atom. The van der Waals surface area contributed by atoms with E-state index in [1.54, 1.807) is 0 Å². The molecule has 142 valence electrons. The minimum absolute atomic E-state index is 0.0638. The molecule has 1 fully saturated rings. The topological polar surface area (TPSA) is 68.2 Å². The summed E-state index contributed by atoms with van der Waals surface area (Å²) in [7, 11) is 0. The molecule has 0 aromatic heterocycles. The predicted molar refractivity (Wildman–Crippen MR) is 110 cm³/mol. The number of hydrogen-bond donors (Lipinski definition) is 3. The number of benzene rings is 2. The molecule has 0 unspecified atom stereocenters. The normalized spacial score (nSPS) is 13.4. The van der Waals surface area contributed by atoms with E-state index < -0.39 is 0 Å². The summed E-state index contributed by atoms with van der Waals surface area (Å²) in [5.74, 6) is 0.344. The summed E-state index contributed by atoms with van der Waals surface area (Å²) in [5.41, 5.74) is 2.74. The third-order valence-corrected chi connectivity index (χ3v) is 4.83. The number of likely N-dealkylation sites (tertiary alicyclic amines) is 1. The largest absolute Gasteiger partial charge is 0.352 e. The van der Waals surface area contributed by atoms with Crippen LogP contribution in [-0.4, -0.2) is 36.4 Å². The van der Waals surface area contributed by atoms with Gasteiger partial charge in [-0.25, -0.2) is 0 Å². The van der Waals surface area contributed by atoms with Crippen molar-refractivity contribution < 1.29 is 4.79 Å². The molecule has 0 saturated carbocycles. The number of rotatable bonds is 7. The molecule has 2 aromatic rings. The van der Waals surface area contributed by atoms with Gasteiger partial charge in [0.15, 0.2) is 5.96 Å². The van der Waals surface area contributed by atoms with E-state index in [-0.39, 0.29) is 5.91 Å². The Bertz CT molecular complexity index is 754. The van der Waals surface area contributed by atoms with Crippen LogP contribution in [0.2, 0.25) is 0 Å². The van der Waals surface area contributed by atoms with Crippen LogP contribution in [0.5, 0.6) is 0 Å². The number of unbranched alkanes of at least 4 members (excludes halogenated alkanes) is 1. The SMILES string of the molecule is N=C(Nc1cccc(C(=O)NCCCCc2ccccc2)c1)N1CCCC1. The molecule has 1 heterocycles. The lowest BCUT2D eigenvalue weighted by molar-refractivity contribution is 0.0953. The number of anilines is 1. The number of carbonyl (C=O) groups is 1. The minimum atomic E-state index is -0.0638. The van der Waals surface area contributed by atoms with E-state index in [9.17, 15) is 4.79 Å². The van der Waals surface area contributed by atoms with Crippen molar-refractivity contribution in [3.05, 3.63) is 65.7 Å². The molecule has 0 atom stereocenters. The highest BCUT2D eigenvalue weighted by Crippen LogP contribution is 2.14. The zero-order chi connectivity index (χ0) is 18.9. The van der Waals surface area contributed by atoms with E-state index in [2.05, 4.69) is 34.9 Å². The molecular weight excluding hydrogens is 336 g/mol. The molecule has 1 amide bonds. The maximum atomic E-state index is 12.4. The summed E-state index contributed by atoms with van der Waals surface area (Å²) in [6.45, 7) is 2.52. The van der Waals surface area contributed by atoms with Gasteiger partial charge in [0.1, 0.15) is 0 Å². The number of hydrogen-bond acceptors (Lipinski definition) is 2. The van der Waals surface area contributed by atoms with Crippen LogP contribution < -0.4 is 10.6 Å². The van der Waals surface area contributed by atoms with E-state index in [0.29, 0.717) is 18.1 Å². The number of amides is 1. The van der Waals surface area contributed by atoms with E-state index in [1.807, 2.05) is 35.2 Å². The summed E-state index contributed by atoms with van der Waals surface area (Å²) in [6.07, 6.45) is 5.32. The van der Waals surface area contributed by atoms with Crippen LogP contribution in [0.1, 0.15) is 41.6 Å². The van der Waals surface area contributed by atoms with Gasteiger partial charge in [-0.15, -0.1) is 0 Å². The molecule has 27 heavy (non-hydrogen) atoms. The number of aryl methyl sites for hydroxylation is 1.